The van der Waals surface area contributed by atoms with Gasteiger partial charge in [0.05, 0.1) is 17.8 Å². The number of aromatic nitrogens is 2. The molecule has 0 unspecified atom stereocenters. The Balaban J connectivity index is 1.50. The Kier molecular flexibility index (Phi) is 6.32. The summed E-state index contributed by atoms with van der Waals surface area (Å²) in [5.41, 5.74) is 5.82. The highest BCUT2D eigenvalue weighted by molar-refractivity contribution is 9.10. The van der Waals surface area contributed by atoms with Crippen LogP contribution in [-0.4, -0.2) is 15.9 Å². The van der Waals surface area contributed by atoms with E-state index in [-0.39, 0.29) is 18.1 Å². The molecule has 1 aliphatic rings. The number of benzene rings is 3. The van der Waals surface area contributed by atoms with Crippen molar-refractivity contribution in [2.45, 2.75) is 19.3 Å². The first kappa shape index (κ1) is 22.2. The fourth-order valence-electron chi connectivity index (χ4n) is 4.04. The van der Waals surface area contributed by atoms with Crippen LogP contribution < -0.4 is 5.32 Å². The SMILES string of the molecule is O=C(Cc1ccc(Br)cc1)Nc1nc2c(nc1/C=C/c1ccccc1)-c1ccc(F)cc1CC2. The average Bonchev–Trinajstić information content (AvgIpc) is 2.84. The predicted octanol–water partition coefficient (Wildman–Crippen LogP) is 6.50. The molecular weight excluding hydrogens is 493 g/mol. The Bertz CT molecular complexity index is 1390. The lowest BCUT2D eigenvalue weighted by Gasteiger charge is -2.20. The number of carbonyl (C=O) groups excluding carboxylic acids is 1. The highest BCUT2D eigenvalue weighted by atomic mass is 79.9. The van der Waals surface area contributed by atoms with E-state index in [2.05, 4.69) is 21.2 Å². The average molecular weight is 514 g/mol. The third kappa shape index (κ3) is 4.97. The van der Waals surface area contributed by atoms with Crippen molar-refractivity contribution in [2.24, 2.45) is 0 Å². The first-order chi connectivity index (χ1) is 16.5. The van der Waals surface area contributed by atoms with Gasteiger partial charge >= 0.3 is 0 Å². The van der Waals surface area contributed by atoms with Crippen LogP contribution >= 0.6 is 15.9 Å². The van der Waals surface area contributed by atoms with E-state index >= 15 is 0 Å². The molecule has 34 heavy (non-hydrogen) atoms. The number of anilines is 1. The lowest BCUT2D eigenvalue weighted by Crippen LogP contribution is -2.19. The van der Waals surface area contributed by atoms with E-state index < -0.39 is 0 Å². The lowest BCUT2D eigenvalue weighted by atomic mass is 9.91. The molecule has 168 valence electrons. The monoisotopic (exact) mass is 513 g/mol. The molecule has 0 spiro atoms. The van der Waals surface area contributed by atoms with Crippen molar-refractivity contribution in [1.29, 1.82) is 0 Å². The smallest absolute Gasteiger partial charge is 0.230 e. The molecule has 6 heteroatoms. The fourth-order valence-corrected chi connectivity index (χ4v) is 4.30. The first-order valence-electron chi connectivity index (χ1n) is 11.0. The van der Waals surface area contributed by atoms with Crippen LogP contribution in [0, 0.1) is 5.82 Å². The van der Waals surface area contributed by atoms with E-state index in [1.54, 1.807) is 12.1 Å². The zero-order chi connectivity index (χ0) is 23.5. The van der Waals surface area contributed by atoms with Gasteiger partial charge in [0.1, 0.15) is 11.5 Å². The largest absolute Gasteiger partial charge is 0.309 e. The van der Waals surface area contributed by atoms with Gasteiger partial charge in [0, 0.05) is 10.0 Å². The molecule has 0 atom stereocenters. The zero-order valence-electron chi connectivity index (χ0n) is 18.3. The van der Waals surface area contributed by atoms with Crippen molar-refractivity contribution in [3.63, 3.8) is 0 Å². The Hall–Kier alpha value is -3.64. The van der Waals surface area contributed by atoms with Crippen molar-refractivity contribution in [2.75, 3.05) is 5.32 Å². The van der Waals surface area contributed by atoms with Crippen molar-refractivity contribution in [1.82, 2.24) is 9.97 Å². The quantitative estimate of drug-likeness (QED) is 0.331. The van der Waals surface area contributed by atoms with Crippen LogP contribution in [-0.2, 0) is 24.1 Å². The Morgan fingerprint density at radius 1 is 0.971 bits per heavy atom. The van der Waals surface area contributed by atoms with Crippen LogP contribution in [0.5, 0.6) is 0 Å². The molecule has 0 aliphatic heterocycles. The van der Waals surface area contributed by atoms with E-state index in [4.69, 9.17) is 9.97 Å². The molecule has 5 rings (SSSR count). The van der Waals surface area contributed by atoms with Crippen molar-refractivity contribution in [3.8, 4) is 11.3 Å². The van der Waals surface area contributed by atoms with E-state index in [1.807, 2.05) is 66.7 Å². The Labute approximate surface area is 205 Å². The van der Waals surface area contributed by atoms with Gasteiger partial charge in [-0.2, -0.15) is 0 Å². The summed E-state index contributed by atoms with van der Waals surface area (Å²) in [4.78, 5) is 22.5. The zero-order valence-corrected chi connectivity index (χ0v) is 19.8. The van der Waals surface area contributed by atoms with Gasteiger partial charge in [-0.3, -0.25) is 4.79 Å². The van der Waals surface area contributed by atoms with Crippen LogP contribution in [0.4, 0.5) is 10.2 Å². The summed E-state index contributed by atoms with van der Waals surface area (Å²) in [7, 11) is 0. The summed E-state index contributed by atoms with van der Waals surface area (Å²) < 4.78 is 14.7. The molecule has 0 bridgehead atoms. The maximum atomic E-state index is 13.8. The molecular formula is C28H21BrFN3O. The summed E-state index contributed by atoms with van der Waals surface area (Å²) in [6.07, 6.45) is 5.35. The van der Waals surface area contributed by atoms with Gasteiger partial charge < -0.3 is 5.32 Å². The Morgan fingerprint density at radius 3 is 2.56 bits per heavy atom. The third-order valence-corrected chi connectivity index (χ3v) is 6.25. The van der Waals surface area contributed by atoms with E-state index in [1.165, 1.54) is 6.07 Å². The molecule has 0 radical (unpaired) electrons. The number of nitrogens with zero attached hydrogens (tertiary/aromatic N) is 2. The molecule has 1 amide bonds. The minimum Gasteiger partial charge on any atom is -0.309 e. The van der Waals surface area contributed by atoms with Crippen LogP contribution in [0.15, 0.2) is 77.3 Å². The molecule has 1 aromatic heterocycles. The van der Waals surface area contributed by atoms with Crippen LogP contribution in [0.1, 0.15) is 28.1 Å². The second-order valence-electron chi connectivity index (χ2n) is 8.15. The van der Waals surface area contributed by atoms with Gasteiger partial charge in [-0.1, -0.05) is 64.5 Å². The number of hydrogen-bond acceptors (Lipinski definition) is 3. The molecule has 1 heterocycles. The molecule has 0 saturated carbocycles. The first-order valence-corrected chi connectivity index (χ1v) is 11.8. The van der Waals surface area contributed by atoms with Crippen molar-refractivity contribution < 1.29 is 9.18 Å². The normalized spacial score (nSPS) is 12.3. The highest BCUT2D eigenvalue weighted by Crippen LogP contribution is 2.33. The molecule has 0 fully saturated rings. The van der Waals surface area contributed by atoms with Gasteiger partial charge in [-0.05, 0) is 65.9 Å². The van der Waals surface area contributed by atoms with Gasteiger partial charge in [-0.25, -0.2) is 14.4 Å². The number of aryl methyl sites for hydroxylation is 2. The second-order valence-corrected chi connectivity index (χ2v) is 9.07. The second kappa shape index (κ2) is 9.69. The highest BCUT2D eigenvalue weighted by Gasteiger charge is 2.22. The standard InChI is InChI=1S/C28H21BrFN3O/c29-21-10-6-19(7-11-21)16-26(34)33-28-25(14-8-18-4-2-1-3-5-18)31-27-23-13-12-22(30)17-20(23)9-15-24(27)32-28/h1-8,10-14,17H,9,15-16H2,(H,32,33,34)/b14-8+. The maximum Gasteiger partial charge on any atom is 0.230 e. The third-order valence-electron chi connectivity index (χ3n) is 5.72. The molecule has 3 aromatic carbocycles. The minimum absolute atomic E-state index is 0.163. The number of hydrogen-bond donors (Lipinski definition) is 1. The lowest BCUT2D eigenvalue weighted by molar-refractivity contribution is -0.115. The van der Waals surface area contributed by atoms with Crippen LogP contribution in [0.3, 0.4) is 0 Å². The van der Waals surface area contributed by atoms with E-state index in [9.17, 15) is 9.18 Å². The van der Waals surface area contributed by atoms with Crippen LogP contribution in [0.25, 0.3) is 23.4 Å². The van der Waals surface area contributed by atoms with E-state index in [0.717, 1.165) is 38.1 Å². The van der Waals surface area contributed by atoms with Crippen LogP contribution in [0.2, 0.25) is 0 Å². The summed E-state index contributed by atoms with van der Waals surface area (Å²) in [6.45, 7) is 0. The number of amides is 1. The van der Waals surface area contributed by atoms with Gasteiger partial charge in [0.25, 0.3) is 0 Å². The van der Waals surface area contributed by atoms with E-state index in [0.29, 0.717) is 24.4 Å². The molecule has 1 N–H and O–H groups in total. The Morgan fingerprint density at radius 2 is 1.76 bits per heavy atom. The van der Waals surface area contributed by atoms with Crippen molar-refractivity contribution >= 4 is 39.8 Å². The van der Waals surface area contributed by atoms with Gasteiger partial charge in [0.15, 0.2) is 5.82 Å². The summed E-state index contributed by atoms with van der Waals surface area (Å²) in [5, 5.41) is 2.96. The minimum atomic E-state index is -0.254. The summed E-state index contributed by atoms with van der Waals surface area (Å²) in [6, 6.07) is 22.3. The van der Waals surface area contributed by atoms with Gasteiger partial charge in [-0.15, -0.1) is 0 Å². The number of rotatable bonds is 5. The molecule has 4 nitrogen and oxygen atoms in total. The molecule has 4 aromatic rings. The number of nitrogens with one attached hydrogen (secondary N) is 1. The molecule has 1 aliphatic carbocycles. The number of carbonyl (C=O) groups is 1. The van der Waals surface area contributed by atoms with Gasteiger partial charge in [0.2, 0.25) is 5.91 Å². The summed E-state index contributed by atoms with van der Waals surface area (Å²) >= 11 is 3.41. The summed E-state index contributed by atoms with van der Waals surface area (Å²) in [5.74, 6) is 0.0130. The number of halogens is 2. The predicted molar refractivity (Wildman–Crippen MR) is 137 cm³/mol. The van der Waals surface area contributed by atoms with Crippen molar-refractivity contribution in [3.05, 3.63) is 111 Å². The molecule has 0 saturated heterocycles. The maximum absolute atomic E-state index is 13.8. The number of fused-ring (bicyclic) bond motifs is 3. The topological polar surface area (TPSA) is 54.9 Å². The fraction of sp³-hybridized carbons (Fsp3) is 0.107.